The zero-order chi connectivity index (χ0) is 10.8. The summed E-state index contributed by atoms with van der Waals surface area (Å²) in [5.74, 6) is 1.52. The van der Waals surface area contributed by atoms with Crippen molar-refractivity contribution in [1.29, 1.82) is 0 Å². The van der Waals surface area contributed by atoms with Gasteiger partial charge in [-0.1, -0.05) is 13.8 Å². The predicted molar refractivity (Wildman–Crippen MR) is 58.6 cm³/mol. The van der Waals surface area contributed by atoms with Crippen molar-refractivity contribution in [2.45, 2.75) is 45.6 Å². The van der Waals surface area contributed by atoms with E-state index in [1.54, 1.807) is 0 Å². The SMILES string of the molecule is CC(C)[C@H]1CC[C@H](NS(C)(=O)=O)CC1. The molecule has 0 radical (unpaired) electrons. The van der Waals surface area contributed by atoms with Gasteiger partial charge in [0.2, 0.25) is 10.0 Å². The molecule has 14 heavy (non-hydrogen) atoms. The fourth-order valence-corrected chi connectivity index (χ4v) is 3.05. The molecule has 1 rings (SSSR count). The highest BCUT2D eigenvalue weighted by atomic mass is 32.2. The van der Waals surface area contributed by atoms with E-state index < -0.39 is 10.0 Å². The first kappa shape index (κ1) is 12.0. The second-order valence-corrected chi connectivity index (χ2v) is 6.53. The fourth-order valence-electron chi connectivity index (χ4n) is 2.21. The molecular weight excluding hydrogens is 198 g/mol. The Kier molecular flexibility index (Phi) is 3.95. The standard InChI is InChI=1S/C10H21NO2S/c1-8(2)9-4-6-10(7-5-9)11-14(3,12)13/h8-11H,4-7H2,1-3H3/t9-,10-. The summed E-state index contributed by atoms with van der Waals surface area (Å²) in [6.07, 6.45) is 5.54. The summed E-state index contributed by atoms with van der Waals surface area (Å²) < 4.78 is 24.7. The minimum Gasteiger partial charge on any atom is -0.213 e. The van der Waals surface area contributed by atoms with Crippen molar-refractivity contribution >= 4 is 10.0 Å². The first-order chi connectivity index (χ1) is 6.38. The maximum absolute atomic E-state index is 11.0. The van der Waals surface area contributed by atoms with Crippen LogP contribution in [0.5, 0.6) is 0 Å². The monoisotopic (exact) mass is 219 g/mol. The molecule has 0 heterocycles. The van der Waals surface area contributed by atoms with Crippen LogP contribution in [-0.2, 0) is 10.0 Å². The van der Waals surface area contributed by atoms with Crippen molar-refractivity contribution < 1.29 is 8.42 Å². The Labute approximate surface area is 87.3 Å². The largest absolute Gasteiger partial charge is 0.213 e. The molecule has 0 bridgehead atoms. The van der Waals surface area contributed by atoms with Gasteiger partial charge in [0.05, 0.1) is 6.26 Å². The molecule has 1 aliphatic carbocycles. The van der Waals surface area contributed by atoms with Gasteiger partial charge >= 0.3 is 0 Å². The van der Waals surface area contributed by atoms with Crippen LogP contribution in [0.25, 0.3) is 0 Å². The van der Waals surface area contributed by atoms with Crippen molar-refractivity contribution in [3.05, 3.63) is 0 Å². The zero-order valence-corrected chi connectivity index (χ0v) is 10.1. The van der Waals surface area contributed by atoms with Gasteiger partial charge in [0.1, 0.15) is 0 Å². The van der Waals surface area contributed by atoms with E-state index in [9.17, 15) is 8.42 Å². The van der Waals surface area contributed by atoms with Crippen molar-refractivity contribution in [2.75, 3.05) is 6.26 Å². The topological polar surface area (TPSA) is 46.2 Å². The summed E-state index contributed by atoms with van der Waals surface area (Å²) in [6, 6.07) is 0.181. The van der Waals surface area contributed by atoms with Crippen LogP contribution in [0.4, 0.5) is 0 Å². The summed E-state index contributed by atoms with van der Waals surface area (Å²) in [7, 11) is -3.01. The van der Waals surface area contributed by atoms with Crippen molar-refractivity contribution in [2.24, 2.45) is 11.8 Å². The Balaban J connectivity index is 2.36. The molecule has 1 N–H and O–H groups in total. The van der Waals surface area contributed by atoms with E-state index >= 15 is 0 Å². The Morgan fingerprint density at radius 2 is 1.64 bits per heavy atom. The molecule has 4 heteroatoms. The van der Waals surface area contributed by atoms with Crippen LogP contribution < -0.4 is 4.72 Å². The number of sulfonamides is 1. The maximum Gasteiger partial charge on any atom is 0.208 e. The maximum atomic E-state index is 11.0. The van der Waals surface area contributed by atoms with Crippen LogP contribution in [0.2, 0.25) is 0 Å². The average Bonchev–Trinajstić information content (AvgIpc) is 2.02. The molecule has 0 aliphatic heterocycles. The van der Waals surface area contributed by atoms with E-state index in [1.165, 1.54) is 6.26 Å². The average molecular weight is 219 g/mol. The molecule has 1 saturated carbocycles. The predicted octanol–water partition coefficient (Wildman–Crippen LogP) is 1.75. The molecule has 0 aromatic rings. The highest BCUT2D eigenvalue weighted by molar-refractivity contribution is 7.88. The highest BCUT2D eigenvalue weighted by Crippen LogP contribution is 2.29. The first-order valence-corrected chi connectivity index (χ1v) is 7.25. The molecule has 0 spiro atoms. The lowest BCUT2D eigenvalue weighted by Crippen LogP contribution is -2.37. The van der Waals surface area contributed by atoms with Gasteiger partial charge < -0.3 is 0 Å². The van der Waals surface area contributed by atoms with E-state index in [0.29, 0.717) is 0 Å². The highest BCUT2D eigenvalue weighted by Gasteiger charge is 2.24. The van der Waals surface area contributed by atoms with E-state index in [0.717, 1.165) is 37.5 Å². The van der Waals surface area contributed by atoms with Gasteiger partial charge in [-0.2, -0.15) is 0 Å². The smallest absolute Gasteiger partial charge is 0.208 e. The Hall–Kier alpha value is -0.0900. The Bertz CT molecular complexity index is 264. The van der Waals surface area contributed by atoms with Crippen molar-refractivity contribution in [3.8, 4) is 0 Å². The second kappa shape index (κ2) is 4.62. The lowest BCUT2D eigenvalue weighted by molar-refractivity contribution is 0.252. The van der Waals surface area contributed by atoms with Crippen LogP contribution in [0, 0.1) is 11.8 Å². The molecule has 0 aromatic heterocycles. The third-order valence-corrected chi connectivity index (χ3v) is 3.86. The minimum atomic E-state index is -3.01. The molecule has 3 nitrogen and oxygen atoms in total. The molecule has 0 unspecified atom stereocenters. The van der Waals surface area contributed by atoms with E-state index in [4.69, 9.17) is 0 Å². The van der Waals surface area contributed by atoms with E-state index in [1.807, 2.05) is 0 Å². The molecule has 84 valence electrons. The molecule has 0 atom stereocenters. The summed E-state index contributed by atoms with van der Waals surface area (Å²) >= 11 is 0. The second-order valence-electron chi connectivity index (χ2n) is 4.75. The van der Waals surface area contributed by atoms with E-state index in [-0.39, 0.29) is 6.04 Å². The lowest BCUT2D eigenvalue weighted by Gasteiger charge is -2.30. The summed E-state index contributed by atoms with van der Waals surface area (Å²) in [6.45, 7) is 4.49. The van der Waals surface area contributed by atoms with Crippen LogP contribution in [0.3, 0.4) is 0 Å². The number of hydrogen-bond donors (Lipinski definition) is 1. The Morgan fingerprint density at radius 3 is 2.00 bits per heavy atom. The molecule has 1 aliphatic rings. The quantitative estimate of drug-likeness (QED) is 0.786. The van der Waals surface area contributed by atoms with E-state index in [2.05, 4.69) is 18.6 Å². The number of rotatable bonds is 3. The normalized spacial score (nSPS) is 29.4. The lowest BCUT2D eigenvalue weighted by atomic mass is 9.80. The Morgan fingerprint density at radius 1 is 1.14 bits per heavy atom. The first-order valence-electron chi connectivity index (χ1n) is 5.36. The minimum absolute atomic E-state index is 0.181. The van der Waals surface area contributed by atoms with Gasteiger partial charge in [0.25, 0.3) is 0 Å². The van der Waals surface area contributed by atoms with Crippen molar-refractivity contribution in [3.63, 3.8) is 0 Å². The molecule has 0 saturated heterocycles. The van der Waals surface area contributed by atoms with Crippen molar-refractivity contribution in [1.82, 2.24) is 4.72 Å². The zero-order valence-electron chi connectivity index (χ0n) is 9.29. The van der Waals surface area contributed by atoms with Gasteiger partial charge in [-0.25, -0.2) is 13.1 Å². The summed E-state index contributed by atoms with van der Waals surface area (Å²) in [4.78, 5) is 0. The van der Waals surface area contributed by atoms with Gasteiger partial charge in [-0.3, -0.25) is 0 Å². The van der Waals surface area contributed by atoms with Gasteiger partial charge in [-0.05, 0) is 37.5 Å². The van der Waals surface area contributed by atoms with Crippen LogP contribution in [0.15, 0.2) is 0 Å². The summed E-state index contributed by atoms with van der Waals surface area (Å²) in [5, 5.41) is 0. The van der Waals surface area contributed by atoms with Gasteiger partial charge in [0, 0.05) is 6.04 Å². The fraction of sp³-hybridized carbons (Fsp3) is 1.00. The number of nitrogens with one attached hydrogen (secondary N) is 1. The number of hydrogen-bond acceptors (Lipinski definition) is 2. The van der Waals surface area contributed by atoms with Crippen LogP contribution in [0.1, 0.15) is 39.5 Å². The third-order valence-electron chi connectivity index (χ3n) is 3.10. The van der Waals surface area contributed by atoms with Gasteiger partial charge in [0.15, 0.2) is 0 Å². The van der Waals surface area contributed by atoms with Gasteiger partial charge in [-0.15, -0.1) is 0 Å². The molecule has 0 aromatic carbocycles. The molecule has 0 amide bonds. The molecule has 1 fully saturated rings. The molecular formula is C10H21NO2S. The van der Waals surface area contributed by atoms with Crippen LogP contribution in [-0.4, -0.2) is 20.7 Å². The third kappa shape index (κ3) is 3.96. The summed E-state index contributed by atoms with van der Waals surface area (Å²) in [5.41, 5.74) is 0. The van der Waals surface area contributed by atoms with Crippen LogP contribution >= 0.6 is 0 Å².